The minimum atomic E-state index is 0.0414. The molecule has 2 saturated heterocycles. The summed E-state index contributed by atoms with van der Waals surface area (Å²) in [5.41, 5.74) is 0. The summed E-state index contributed by atoms with van der Waals surface area (Å²) >= 11 is 0. The number of amides is 2. The number of rotatable bonds is 4. The number of hydrogen-bond acceptors (Lipinski definition) is 3. The van der Waals surface area contributed by atoms with Crippen LogP contribution in [0.5, 0.6) is 0 Å². The minimum absolute atomic E-state index is 0.0414. The highest BCUT2D eigenvalue weighted by Crippen LogP contribution is 2.16. The highest BCUT2D eigenvalue weighted by Gasteiger charge is 2.27. The average Bonchev–Trinajstić information content (AvgIpc) is 2.75. The molecule has 3 unspecified atom stereocenters. The first-order valence-electron chi connectivity index (χ1n) is 7.38. The first kappa shape index (κ1) is 14.3. The maximum Gasteiger partial charge on any atom is 0.223 e. The second-order valence-corrected chi connectivity index (χ2v) is 5.93. The smallest absolute Gasteiger partial charge is 0.223 e. The highest BCUT2D eigenvalue weighted by atomic mass is 16.2. The molecule has 2 rings (SSSR count). The summed E-state index contributed by atoms with van der Waals surface area (Å²) < 4.78 is 0. The molecule has 2 fully saturated rings. The van der Waals surface area contributed by atoms with Crippen molar-refractivity contribution in [1.82, 2.24) is 15.5 Å². The lowest BCUT2D eigenvalue weighted by Gasteiger charge is -2.29. The molecule has 2 aliphatic heterocycles. The predicted molar refractivity (Wildman–Crippen MR) is 73.6 cm³/mol. The summed E-state index contributed by atoms with van der Waals surface area (Å²) in [5.74, 6) is 0.483. The minimum Gasteiger partial charge on any atom is -0.352 e. The zero-order valence-electron chi connectivity index (χ0n) is 11.9. The van der Waals surface area contributed by atoms with Gasteiger partial charge in [-0.1, -0.05) is 0 Å². The third kappa shape index (κ3) is 3.93. The number of carbonyl (C=O) groups is 2. The first-order chi connectivity index (χ1) is 9.06. The fourth-order valence-corrected chi connectivity index (χ4v) is 3.00. The summed E-state index contributed by atoms with van der Waals surface area (Å²) in [6, 6.07) is 0.458. The molecular formula is C14H25N3O2. The molecule has 2 heterocycles. The monoisotopic (exact) mass is 267 g/mol. The lowest BCUT2D eigenvalue weighted by atomic mass is 9.92. The summed E-state index contributed by atoms with van der Waals surface area (Å²) in [6.07, 6.45) is 3.42. The van der Waals surface area contributed by atoms with Crippen LogP contribution in [0.25, 0.3) is 0 Å². The van der Waals surface area contributed by atoms with E-state index >= 15 is 0 Å². The van der Waals surface area contributed by atoms with Crippen LogP contribution in [0, 0.1) is 5.92 Å². The van der Waals surface area contributed by atoms with Gasteiger partial charge in [-0.15, -0.1) is 0 Å². The fraction of sp³-hybridized carbons (Fsp3) is 0.857. The number of likely N-dealkylation sites (tertiary alicyclic amines) is 1. The number of nitrogens with zero attached hydrogens (tertiary/aromatic N) is 1. The van der Waals surface area contributed by atoms with Gasteiger partial charge < -0.3 is 15.5 Å². The van der Waals surface area contributed by atoms with Gasteiger partial charge in [-0.3, -0.25) is 9.59 Å². The maximum atomic E-state index is 12.2. The van der Waals surface area contributed by atoms with Crippen LogP contribution in [0.4, 0.5) is 0 Å². The van der Waals surface area contributed by atoms with Gasteiger partial charge in [-0.25, -0.2) is 0 Å². The van der Waals surface area contributed by atoms with Crippen LogP contribution in [-0.2, 0) is 9.59 Å². The Morgan fingerprint density at radius 1 is 1.58 bits per heavy atom. The van der Waals surface area contributed by atoms with E-state index < -0.39 is 0 Å². The standard InChI is InChI=1S/C14H25N3O2/c1-10-8-12(5-6-15-10)14(19)16-11(2)9-17-7-3-4-13(17)18/h10-12,15H,3-9H2,1-2H3,(H,16,19). The second kappa shape index (κ2) is 6.37. The van der Waals surface area contributed by atoms with Crippen molar-refractivity contribution in [2.24, 2.45) is 5.92 Å². The SMILES string of the molecule is CC1CC(C(=O)NC(C)CN2CCCC2=O)CCN1. The van der Waals surface area contributed by atoms with Gasteiger partial charge in [-0.05, 0) is 39.7 Å². The lowest BCUT2D eigenvalue weighted by Crippen LogP contribution is -2.47. The Morgan fingerprint density at radius 2 is 2.37 bits per heavy atom. The van der Waals surface area contributed by atoms with E-state index in [1.807, 2.05) is 11.8 Å². The molecule has 19 heavy (non-hydrogen) atoms. The van der Waals surface area contributed by atoms with Gasteiger partial charge in [0.2, 0.25) is 11.8 Å². The third-order valence-corrected chi connectivity index (χ3v) is 4.05. The fourth-order valence-electron chi connectivity index (χ4n) is 3.00. The van der Waals surface area contributed by atoms with Gasteiger partial charge >= 0.3 is 0 Å². The molecule has 0 aliphatic carbocycles. The Balaban J connectivity index is 1.76. The number of nitrogens with one attached hydrogen (secondary N) is 2. The summed E-state index contributed by atoms with van der Waals surface area (Å²) in [5, 5.41) is 6.41. The van der Waals surface area contributed by atoms with Crippen molar-refractivity contribution in [1.29, 1.82) is 0 Å². The second-order valence-electron chi connectivity index (χ2n) is 5.93. The molecule has 0 aromatic heterocycles. The molecule has 0 spiro atoms. The number of piperidine rings is 1. The van der Waals surface area contributed by atoms with Crippen molar-refractivity contribution in [2.75, 3.05) is 19.6 Å². The Kier molecular flexibility index (Phi) is 4.80. The molecule has 5 heteroatoms. The predicted octanol–water partition coefficient (Wildman–Crippen LogP) is 0.502. The van der Waals surface area contributed by atoms with Gasteiger partial charge in [0, 0.05) is 37.5 Å². The maximum absolute atomic E-state index is 12.2. The molecule has 3 atom stereocenters. The molecule has 0 aromatic rings. The van der Waals surface area contributed by atoms with Crippen LogP contribution in [0.3, 0.4) is 0 Å². The Hall–Kier alpha value is -1.10. The van der Waals surface area contributed by atoms with Crippen LogP contribution in [0.15, 0.2) is 0 Å². The van der Waals surface area contributed by atoms with E-state index in [1.54, 1.807) is 0 Å². The van der Waals surface area contributed by atoms with E-state index in [2.05, 4.69) is 17.6 Å². The van der Waals surface area contributed by atoms with Gasteiger partial charge in [-0.2, -0.15) is 0 Å². The molecule has 2 amide bonds. The van der Waals surface area contributed by atoms with Crippen LogP contribution in [0.2, 0.25) is 0 Å². The van der Waals surface area contributed by atoms with E-state index in [0.717, 1.165) is 32.4 Å². The van der Waals surface area contributed by atoms with Crippen LogP contribution >= 0.6 is 0 Å². The van der Waals surface area contributed by atoms with E-state index in [1.165, 1.54) is 0 Å². The largest absolute Gasteiger partial charge is 0.352 e. The van der Waals surface area contributed by atoms with Crippen molar-refractivity contribution in [3.05, 3.63) is 0 Å². The van der Waals surface area contributed by atoms with Crippen molar-refractivity contribution >= 4 is 11.8 Å². The van der Waals surface area contributed by atoms with E-state index in [9.17, 15) is 9.59 Å². The molecule has 2 aliphatic rings. The van der Waals surface area contributed by atoms with Crippen LogP contribution in [0.1, 0.15) is 39.5 Å². The Morgan fingerprint density at radius 3 is 3.00 bits per heavy atom. The third-order valence-electron chi connectivity index (χ3n) is 4.05. The zero-order valence-corrected chi connectivity index (χ0v) is 11.9. The van der Waals surface area contributed by atoms with Crippen LogP contribution in [-0.4, -0.2) is 48.4 Å². The summed E-state index contributed by atoms with van der Waals surface area (Å²) in [4.78, 5) is 25.6. The first-order valence-corrected chi connectivity index (χ1v) is 7.38. The van der Waals surface area contributed by atoms with Crippen molar-refractivity contribution in [3.8, 4) is 0 Å². The summed E-state index contributed by atoms with van der Waals surface area (Å²) in [6.45, 7) is 6.49. The average molecular weight is 267 g/mol. The molecule has 108 valence electrons. The van der Waals surface area contributed by atoms with E-state index in [4.69, 9.17) is 0 Å². The Labute approximate surface area is 115 Å². The highest BCUT2D eigenvalue weighted by molar-refractivity contribution is 5.80. The van der Waals surface area contributed by atoms with Crippen molar-refractivity contribution in [3.63, 3.8) is 0 Å². The quantitative estimate of drug-likeness (QED) is 0.780. The van der Waals surface area contributed by atoms with Gasteiger partial charge in [0.25, 0.3) is 0 Å². The van der Waals surface area contributed by atoms with Crippen molar-refractivity contribution < 1.29 is 9.59 Å². The van der Waals surface area contributed by atoms with Gasteiger partial charge in [0.15, 0.2) is 0 Å². The topological polar surface area (TPSA) is 61.4 Å². The normalized spacial score (nSPS) is 29.4. The van der Waals surface area contributed by atoms with Crippen LogP contribution < -0.4 is 10.6 Å². The Bertz CT molecular complexity index is 346. The van der Waals surface area contributed by atoms with E-state index in [-0.39, 0.29) is 23.8 Å². The molecule has 5 nitrogen and oxygen atoms in total. The van der Waals surface area contributed by atoms with Crippen molar-refractivity contribution in [2.45, 2.75) is 51.6 Å². The molecule has 0 radical (unpaired) electrons. The van der Waals surface area contributed by atoms with E-state index in [0.29, 0.717) is 19.0 Å². The molecule has 2 N–H and O–H groups in total. The summed E-state index contributed by atoms with van der Waals surface area (Å²) in [7, 11) is 0. The van der Waals surface area contributed by atoms with Gasteiger partial charge in [0.1, 0.15) is 0 Å². The lowest BCUT2D eigenvalue weighted by molar-refractivity contribution is -0.130. The van der Waals surface area contributed by atoms with Gasteiger partial charge in [0.05, 0.1) is 0 Å². The molecule has 0 saturated carbocycles. The molecule has 0 bridgehead atoms. The number of hydrogen-bond donors (Lipinski definition) is 2. The number of carbonyl (C=O) groups excluding carboxylic acids is 2. The molecular weight excluding hydrogens is 242 g/mol. The molecule has 0 aromatic carbocycles. The zero-order chi connectivity index (χ0) is 13.8.